The first kappa shape index (κ1) is 12.5. The monoisotopic (exact) mass is 261 g/mol. The number of Topliss-reactive ketones (excluding diaryl/α,β-unsaturated/α-hetero) is 1. The molecular weight excluding hydrogens is 250 g/mol. The highest BCUT2D eigenvalue weighted by molar-refractivity contribution is 7.12. The molecule has 0 aliphatic carbocycles. The minimum Gasteiger partial charge on any atom is -0.367 e. The first-order valence-corrected chi connectivity index (χ1v) is 6.18. The van der Waals surface area contributed by atoms with E-state index >= 15 is 0 Å². The Morgan fingerprint density at radius 2 is 1.83 bits per heavy atom. The van der Waals surface area contributed by atoms with Gasteiger partial charge in [0.2, 0.25) is 5.78 Å². The average Bonchev–Trinajstić information content (AvgIpc) is 2.92. The van der Waals surface area contributed by atoms with Crippen LogP contribution in [0, 0.1) is 0 Å². The highest BCUT2D eigenvalue weighted by Gasteiger charge is 2.20. The summed E-state index contributed by atoms with van der Waals surface area (Å²) in [5, 5.41) is 13.6. The van der Waals surface area contributed by atoms with Crippen molar-refractivity contribution >= 4 is 23.0 Å². The van der Waals surface area contributed by atoms with E-state index in [9.17, 15) is 14.7 Å². The second-order valence-corrected chi connectivity index (χ2v) is 4.53. The zero-order chi connectivity index (χ0) is 13.0. The molecule has 0 saturated carbocycles. The fraction of sp³-hybridized carbons (Fsp3) is 0.0769. The second-order valence-electron chi connectivity index (χ2n) is 3.58. The molecule has 2 aromatic rings. The summed E-state index contributed by atoms with van der Waals surface area (Å²) >= 11 is 1.22. The van der Waals surface area contributed by atoms with Crippen LogP contribution in [0.4, 0.5) is 0 Å². The van der Waals surface area contributed by atoms with Crippen molar-refractivity contribution in [2.75, 3.05) is 0 Å². The lowest BCUT2D eigenvalue weighted by molar-refractivity contribution is 0.0610. The summed E-state index contributed by atoms with van der Waals surface area (Å²) in [7, 11) is 0. The van der Waals surface area contributed by atoms with Gasteiger partial charge in [-0.25, -0.2) is 0 Å². The molecule has 5 heteroatoms. The van der Waals surface area contributed by atoms with Gasteiger partial charge in [0.15, 0.2) is 6.23 Å². The number of hydrogen-bond donors (Lipinski definition) is 2. The Kier molecular flexibility index (Phi) is 3.86. The smallest absolute Gasteiger partial charge is 0.253 e. The van der Waals surface area contributed by atoms with E-state index < -0.39 is 17.9 Å². The maximum absolute atomic E-state index is 11.7. The van der Waals surface area contributed by atoms with Crippen molar-refractivity contribution in [3.05, 3.63) is 58.3 Å². The Morgan fingerprint density at radius 3 is 2.44 bits per heavy atom. The maximum atomic E-state index is 11.7. The standard InChI is InChI=1S/C13H11NO3S/c15-11(10-7-4-8-18-10)13(17)14-12(16)9-5-2-1-3-6-9/h1-8,13,17H,(H,14,16)/t13-/m1/s1. The molecule has 2 rings (SSSR count). The summed E-state index contributed by atoms with van der Waals surface area (Å²) in [6.45, 7) is 0. The van der Waals surface area contributed by atoms with Gasteiger partial charge >= 0.3 is 0 Å². The number of carbonyl (C=O) groups excluding carboxylic acids is 2. The van der Waals surface area contributed by atoms with Crippen LogP contribution in [0.15, 0.2) is 47.8 Å². The summed E-state index contributed by atoms with van der Waals surface area (Å²) < 4.78 is 0. The molecule has 1 atom stereocenters. The van der Waals surface area contributed by atoms with Crippen LogP contribution in [0.2, 0.25) is 0 Å². The minimum atomic E-state index is -1.52. The van der Waals surface area contributed by atoms with Crippen LogP contribution in [0.3, 0.4) is 0 Å². The van der Waals surface area contributed by atoms with E-state index in [1.165, 1.54) is 11.3 Å². The third-order valence-corrected chi connectivity index (χ3v) is 3.20. The first-order valence-electron chi connectivity index (χ1n) is 5.30. The van der Waals surface area contributed by atoms with Crippen molar-refractivity contribution in [3.63, 3.8) is 0 Å². The van der Waals surface area contributed by atoms with Crippen molar-refractivity contribution in [1.82, 2.24) is 5.32 Å². The van der Waals surface area contributed by atoms with Crippen molar-refractivity contribution in [2.45, 2.75) is 6.23 Å². The van der Waals surface area contributed by atoms with E-state index in [1.807, 2.05) is 0 Å². The van der Waals surface area contributed by atoms with Gasteiger partial charge in [0.25, 0.3) is 5.91 Å². The van der Waals surface area contributed by atoms with Crippen LogP contribution < -0.4 is 5.32 Å². The van der Waals surface area contributed by atoms with Gasteiger partial charge in [-0.2, -0.15) is 0 Å². The summed E-state index contributed by atoms with van der Waals surface area (Å²) in [4.78, 5) is 23.8. The molecule has 2 N–H and O–H groups in total. The van der Waals surface area contributed by atoms with E-state index in [4.69, 9.17) is 0 Å². The summed E-state index contributed by atoms with van der Waals surface area (Å²) in [6.07, 6.45) is -1.52. The minimum absolute atomic E-state index is 0.399. The van der Waals surface area contributed by atoms with E-state index in [2.05, 4.69) is 5.32 Å². The van der Waals surface area contributed by atoms with Gasteiger partial charge in [-0.05, 0) is 23.6 Å². The van der Waals surface area contributed by atoms with Gasteiger partial charge in [0, 0.05) is 5.56 Å². The second kappa shape index (κ2) is 5.57. The topological polar surface area (TPSA) is 66.4 Å². The van der Waals surface area contributed by atoms with E-state index in [1.54, 1.807) is 47.8 Å². The first-order chi connectivity index (χ1) is 8.68. The number of thiophene rings is 1. The number of benzene rings is 1. The maximum Gasteiger partial charge on any atom is 0.253 e. The van der Waals surface area contributed by atoms with Crippen molar-refractivity contribution in [1.29, 1.82) is 0 Å². The molecule has 0 spiro atoms. The Labute approximate surface area is 108 Å². The number of hydrogen-bond acceptors (Lipinski definition) is 4. The number of aliphatic hydroxyl groups excluding tert-OH is 1. The normalized spacial score (nSPS) is 11.8. The molecule has 1 aromatic carbocycles. The Hall–Kier alpha value is -1.98. The molecule has 18 heavy (non-hydrogen) atoms. The molecule has 1 aromatic heterocycles. The number of rotatable bonds is 4. The molecule has 0 aliphatic heterocycles. The summed E-state index contributed by atoms with van der Waals surface area (Å²) in [6, 6.07) is 11.7. The van der Waals surface area contributed by atoms with Crippen molar-refractivity contribution in [2.24, 2.45) is 0 Å². The zero-order valence-electron chi connectivity index (χ0n) is 9.37. The van der Waals surface area contributed by atoms with Gasteiger partial charge in [-0.3, -0.25) is 9.59 Å². The van der Waals surface area contributed by atoms with E-state index in [0.717, 1.165) is 0 Å². The quantitative estimate of drug-likeness (QED) is 0.650. The Balaban J connectivity index is 2.02. The molecule has 0 bridgehead atoms. The molecule has 1 heterocycles. The molecule has 4 nitrogen and oxygen atoms in total. The van der Waals surface area contributed by atoms with Crippen molar-refractivity contribution in [3.8, 4) is 0 Å². The van der Waals surface area contributed by atoms with Gasteiger partial charge in [-0.1, -0.05) is 24.3 Å². The van der Waals surface area contributed by atoms with Crippen molar-refractivity contribution < 1.29 is 14.7 Å². The molecule has 0 saturated heterocycles. The van der Waals surface area contributed by atoms with Gasteiger partial charge in [0.1, 0.15) is 0 Å². The predicted molar refractivity (Wildman–Crippen MR) is 68.6 cm³/mol. The van der Waals surface area contributed by atoms with Crippen LogP contribution in [0.5, 0.6) is 0 Å². The fourth-order valence-corrected chi connectivity index (χ4v) is 2.10. The lowest BCUT2D eigenvalue weighted by Crippen LogP contribution is -2.40. The molecule has 92 valence electrons. The Bertz CT molecular complexity index is 537. The molecule has 0 unspecified atom stereocenters. The van der Waals surface area contributed by atoms with Crippen LogP contribution in [0.1, 0.15) is 20.0 Å². The Morgan fingerprint density at radius 1 is 1.11 bits per heavy atom. The molecular formula is C13H11NO3S. The van der Waals surface area contributed by atoms with Crippen LogP contribution in [-0.4, -0.2) is 23.0 Å². The molecule has 0 radical (unpaired) electrons. The number of aliphatic hydroxyl groups is 1. The van der Waals surface area contributed by atoms with Gasteiger partial charge in [-0.15, -0.1) is 11.3 Å². The van der Waals surface area contributed by atoms with Gasteiger partial charge in [0.05, 0.1) is 4.88 Å². The number of carbonyl (C=O) groups is 2. The summed E-state index contributed by atoms with van der Waals surface area (Å²) in [5.74, 6) is -0.984. The fourth-order valence-electron chi connectivity index (χ4n) is 1.42. The van der Waals surface area contributed by atoms with Gasteiger partial charge < -0.3 is 10.4 Å². The van der Waals surface area contributed by atoms with E-state index in [-0.39, 0.29) is 0 Å². The van der Waals surface area contributed by atoms with E-state index in [0.29, 0.717) is 10.4 Å². The number of ketones is 1. The zero-order valence-corrected chi connectivity index (χ0v) is 10.2. The third kappa shape index (κ3) is 2.82. The summed E-state index contributed by atoms with van der Waals surface area (Å²) in [5.41, 5.74) is 0.399. The number of amides is 1. The van der Waals surface area contributed by atoms with Crippen LogP contribution in [-0.2, 0) is 0 Å². The SMILES string of the molecule is O=C(N[C@H](O)C(=O)c1cccs1)c1ccccc1. The molecule has 0 aliphatic rings. The molecule has 1 amide bonds. The third-order valence-electron chi connectivity index (χ3n) is 2.32. The predicted octanol–water partition coefficient (Wildman–Crippen LogP) is 1.68. The average molecular weight is 261 g/mol. The largest absolute Gasteiger partial charge is 0.367 e. The lowest BCUT2D eigenvalue weighted by atomic mass is 10.2. The lowest BCUT2D eigenvalue weighted by Gasteiger charge is -2.10. The van der Waals surface area contributed by atoms with Crippen LogP contribution >= 0.6 is 11.3 Å². The molecule has 0 fully saturated rings. The van der Waals surface area contributed by atoms with Crippen LogP contribution in [0.25, 0.3) is 0 Å². The number of nitrogens with one attached hydrogen (secondary N) is 1. The highest BCUT2D eigenvalue weighted by atomic mass is 32.1. The highest BCUT2D eigenvalue weighted by Crippen LogP contribution is 2.11.